The fourth-order valence-electron chi connectivity index (χ4n) is 2.42. The predicted molar refractivity (Wildman–Crippen MR) is 73.3 cm³/mol. The molecule has 0 radical (unpaired) electrons. The first-order valence-electron chi connectivity index (χ1n) is 6.56. The zero-order chi connectivity index (χ0) is 13.1. The molecular formula is C14H20ClNO2. The van der Waals surface area contributed by atoms with Crippen LogP contribution in [0.2, 0.25) is 5.02 Å². The summed E-state index contributed by atoms with van der Waals surface area (Å²) in [6, 6.07) is 1.93. The standard InChI is InChI=1S/C14H20ClNO2/c1-10(2)6-11-7-12(15)8-16(14(11)17)13-4-3-5-18-9-13/h7-8,10,13H,3-6,9H2,1-2H3. The maximum Gasteiger partial charge on any atom is 0.254 e. The molecule has 0 aromatic carbocycles. The minimum Gasteiger partial charge on any atom is -0.379 e. The van der Waals surface area contributed by atoms with Crippen LogP contribution >= 0.6 is 11.6 Å². The zero-order valence-electron chi connectivity index (χ0n) is 11.0. The maximum atomic E-state index is 12.4. The highest BCUT2D eigenvalue weighted by Crippen LogP contribution is 2.20. The van der Waals surface area contributed by atoms with Crippen molar-refractivity contribution in [3.63, 3.8) is 0 Å². The Hall–Kier alpha value is -0.800. The lowest BCUT2D eigenvalue weighted by Crippen LogP contribution is -2.32. The van der Waals surface area contributed by atoms with Gasteiger partial charge >= 0.3 is 0 Å². The third-order valence-electron chi connectivity index (χ3n) is 3.24. The number of rotatable bonds is 3. The molecule has 1 aliphatic heterocycles. The summed E-state index contributed by atoms with van der Waals surface area (Å²) in [5.41, 5.74) is 0.895. The molecule has 0 spiro atoms. The number of nitrogens with zero attached hydrogens (tertiary/aromatic N) is 1. The van der Waals surface area contributed by atoms with Crippen molar-refractivity contribution in [3.8, 4) is 0 Å². The summed E-state index contributed by atoms with van der Waals surface area (Å²) >= 11 is 6.12. The topological polar surface area (TPSA) is 31.2 Å². The number of pyridine rings is 1. The fraction of sp³-hybridized carbons (Fsp3) is 0.643. The SMILES string of the molecule is CC(C)Cc1cc(Cl)cn(C2CCCOC2)c1=O. The molecule has 1 unspecified atom stereocenters. The van der Waals surface area contributed by atoms with Crippen molar-refractivity contribution < 1.29 is 4.74 Å². The van der Waals surface area contributed by atoms with Gasteiger partial charge < -0.3 is 9.30 Å². The van der Waals surface area contributed by atoms with E-state index in [1.54, 1.807) is 16.8 Å². The average molecular weight is 270 g/mol. The van der Waals surface area contributed by atoms with Crippen molar-refractivity contribution in [1.82, 2.24) is 4.57 Å². The van der Waals surface area contributed by atoms with Crippen LogP contribution in [0.3, 0.4) is 0 Å². The molecule has 0 saturated carbocycles. The van der Waals surface area contributed by atoms with E-state index in [1.807, 2.05) is 0 Å². The van der Waals surface area contributed by atoms with E-state index in [4.69, 9.17) is 16.3 Å². The maximum absolute atomic E-state index is 12.4. The Bertz CT molecular complexity index is 461. The van der Waals surface area contributed by atoms with Crippen LogP contribution in [0.5, 0.6) is 0 Å². The lowest BCUT2D eigenvalue weighted by atomic mass is 10.0. The molecule has 1 saturated heterocycles. The minimum absolute atomic E-state index is 0.0867. The molecule has 18 heavy (non-hydrogen) atoms. The number of hydrogen-bond donors (Lipinski definition) is 0. The van der Waals surface area contributed by atoms with Crippen molar-refractivity contribution in [3.05, 3.63) is 33.2 Å². The molecule has 1 fully saturated rings. The van der Waals surface area contributed by atoms with Crippen LogP contribution in [0.25, 0.3) is 0 Å². The highest BCUT2D eigenvalue weighted by Gasteiger charge is 2.18. The summed E-state index contributed by atoms with van der Waals surface area (Å²) in [4.78, 5) is 12.4. The summed E-state index contributed by atoms with van der Waals surface area (Å²) in [5, 5.41) is 0.635. The van der Waals surface area contributed by atoms with Gasteiger partial charge in [-0.15, -0.1) is 0 Å². The second-order valence-corrected chi connectivity index (χ2v) is 5.80. The highest BCUT2D eigenvalue weighted by molar-refractivity contribution is 6.30. The number of ether oxygens (including phenoxy) is 1. The van der Waals surface area contributed by atoms with E-state index in [-0.39, 0.29) is 11.6 Å². The lowest BCUT2D eigenvalue weighted by Gasteiger charge is -2.25. The Morgan fingerprint density at radius 1 is 1.56 bits per heavy atom. The van der Waals surface area contributed by atoms with E-state index >= 15 is 0 Å². The molecule has 3 nitrogen and oxygen atoms in total. The smallest absolute Gasteiger partial charge is 0.254 e. The quantitative estimate of drug-likeness (QED) is 0.845. The average Bonchev–Trinajstić information content (AvgIpc) is 2.34. The van der Waals surface area contributed by atoms with Gasteiger partial charge in [-0.2, -0.15) is 0 Å². The Balaban J connectivity index is 2.34. The monoisotopic (exact) mass is 269 g/mol. The molecule has 4 heteroatoms. The third kappa shape index (κ3) is 3.15. The van der Waals surface area contributed by atoms with Crippen LogP contribution in [-0.2, 0) is 11.2 Å². The van der Waals surface area contributed by atoms with Gasteiger partial charge in [0, 0.05) is 18.4 Å². The van der Waals surface area contributed by atoms with Gasteiger partial charge in [-0.1, -0.05) is 25.4 Å². The van der Waals surface area contributed by atoms with E-state index in [9.17, 15) is 4.79 Å². The van der Waals surface area contributed by atoms with Gasteiger partial charge in [0.15, 0.2) is 0 Å². The van der Waals surface area contributed by atoms with Crippen molar-refractivity contribution in [1.29, 1.82) is 0 Å². The lowest BCUT2D eigenvalue weighted by molar-refractivity contribution is 0.0579. The van der Waals surface area contributed by atoms with E-state index in [1.165, 1.54) is 0 Å². The van der Waals surface area contributed by atoms with Crippen molar-refractivity contribution >= 4 is 11.6 Å². The first kappa shape index (κ1) is 13.6. The number of halogens is 1. The number of aromatic nitrogens is 1. The zero-order valence-corrected chi connectivity index (χ0v) is 11.7. The Morgan fingerprint density at radius 2 is 2.33 bits per heavy atom. The molecule has 1 atom stereocenters. The first-order chi connectivity index (χ1) is 8.58. The van der Waals surface area contributed by atoms with Crippen LogP contribution in [0, 0.1) is 5.92 Å². The molecule has 1 aliphatic rings. The van der Waals surface area contributed by atoms with Crippen LogP contribution in [0.1, 0.15) is 38.3 Å². The van der Waals surface area contributed by atoms with Crippen molar-refractivity contribution in [2.24, 2.45) is 5.92 Å². The summed E-state index contributed by atoms with van der Waals surface area (Å²) in [6.07, 6.45) is 4.50. The molecule has 0 N–H and O–H groups in total. The summed E-state index contributed by atoms with van der Waals surface area (Å²) in [6.45, 7) is 5.62. The number of hydrogen-bond acceptors (Lipinski definition) is 2. The van der Waals surface area contributed by atoms with Crippen LogP contribution in [0.15, 0.2) is 17.1 Å². The van der Waals surface area contributed by atoms with E-state index in [0.29, 0.717) is 17.5 Å². The van der Waals surface area contributed by atoms with E-state index < -0.39 is 0 Å². The van der Waals surface area contributed by atoms with Crippen LogP contribution in [0.4, 0.5) is 0 Å². The van der Waals surface area contributed by atoms with Crippen molar-refractivity contribution in [2.45, 2.75) is 39.2 Å². The second kappa shape index (κ2) is 5.89. The molecule has 2 rings (SSSR count). The second-order valence-electron chi connectivity index (χ2n) is 5.36. The fourth-order valence-corrected chi connectivity index (χ4v) is 2.66. The molecule has 100 valence electrons. The van der Waals surface area contributed by atoms with E-state index in [0.717, 1.165) is 31.4 Å². The molecule has 1 aromatic heterocycles. The van der Waals surface area contributed by atoms with Gasteiger partial charge in [-0.25, -0.2) is 0 Å². The van der Waals surface area contributed by atoms with Gasteiger partial charge in [0.05, 0.1) is 17.7 Å². The predicted octanol–water partition coefficient (Wildman–Crippen LogP) is 3.05. The molecule has 0 bridgehead atoms. The minimum atomic E-state index is 0.0867. The Morgan fingerprint density at radius 3 is 2.94 bits per heavy atom. The Labute approximate surface area is 113 Å². The van der Waals surface area contributed by atoms with Gasteiger partial charge in [-0.05, 0) is 31.2 Å². The van der Waals surface area contributed by atoms with Crippen LogP contribution < -0.4 is 5.56 Å². The largest absolute Gasteiger partial charge is 0.379 e. The molecule has 1 aromatic rings. The first-order valence-corrected chi connectivity index (χ1v) is 6.94. The van der Waals surface area contributed by atoms with Gasteiger partial charge in [0.2, 0.25) is 0 Å². The highest BCUT2D eigenvalue weighted by atomic mass is 35.5. The normalized spacial score (nSPS) is 20.3. The van der Waals surface area contributed by atoms with Gasteiger partial charge in [0.1, 0.15) is 0 Å². The summed E-state index contributed by atoms with van der Waals surface area (Å²) in [7, 11) is 0. The van der Waals surface area contributed by atoms with Gasteiger partial charge in [-0.3, -0.25) is 4.79 Å². The third-order valence-corrected chi connectivity index (χ3v) is 3.45. The van der Waals surface area contributed by atoms with Crippen LogP contribution in [-0.4, -0.2) is 17.8 Å². The molecule has 0 aliphatic carbocycles. The molecule has 2 heterocycles. The Kier molecular flexibility index (Phi) is 4.46. The summed E-state index contributed by atoms with van der Waals surface area (Å²) < 4.78 is 7.21. The summed E-state index contributed by atoms with van der Waals surface area (Å²) in [5.74, 6) is 0.451. The van der Waals surface area contributed by atoms with E-state index in [2.05, 4.69) is 13.8 Å². The van der Waals surface area contributed by atoms with Gasteiger partial charge in [0.25, 0.3) is 5.56 Å². The molecule has 0 amide bonds. The van der Waals surface area contributed by atoms with Crippen molar-refractivity contribution in [2.75, 3.05) is 13.2 Å². The molecular weight excluding hydrogens is 250 g/mol.